The van der Waals surface area contributed by atoms with Crippen LogP contribution in [0.2, 0.25) is 5.02 Å². The van der Waals surface area contributed by atoms with Gasteiger partial charge in [0.15, 0.2) is 0 Å². The molecule has 0 aliphatic carbocycles. The molecule has 3 N–H and O–H groups in total. The van der Waals surface area contributed by atoms with Gasteiger partial charge in [0.2, 0.25) is 0 Å². The number of hydrogen-bond donors (Lipinski definition) is 2. The van der Waals surface area contributed by atoms with Gasteiger partial charge >= 0.3 is 0 Å². The molecule has 1 aromatic carbocycles. The van der Waals surface area contributed by atoms with Crippen molar-refractivity contribution in [1.29, 1.82) is 0 Å². The Kier molecular flexibility index (Phi) is 6.31. The number of benzene rings is 1. The van der Waals surface area contributed by atoms with Crippen molar-refractivity contribution >= 4 is 27.5 Å². The molecule has 0 heterocycles. The molecule has 0 aromatic heterocycles. The number of aliphatic hydroxyl groups is 1. The lowest BCUT2D eigenvalue weighted by atomic mass is 10.1. The van der Waals surface area contributed by atoms with Gasteiger partial charge in [-0.25, -0.2) is 0 Å². The Bertz CT molecular complexity index is 336. The van der Waals surface area contributed by atoms with E-state index >= 15 is 0 Å². The van der Waals surface area contributed by atoms with Crippen LogP contribution in [-0.2, 0) is 4.74 Å². The molecular formula is C11H15BrClNO2. The summed E-state index contributed by atoms with van der Waals surface area (Å²) in [5.74, 6) is 0. The van der Waals surface area contributed by atoms with Gasteiger partial charge in [-0.3, -0.25) is 0 Å². The molecule has 0 bridgehead atoms. The van der Waals surface area contributed by atoms with Crippen LogP contribution < -0.4 is 5.73 Å². The van der Waals surface area contributed by atoms with Crippen LogP contribution in [0.15, 0.2) is 22.7 Å². The molecule has 1 aromatic rings. The lowest BCUT2D eigenvalue weighted by Gasteiger charge is -2.17. The first-order chi connectivity index (χ1) is 7.69. The first kappa shape index (κ1) is 13.9. The molecule has 0 spiro atoms. The fraction of sp³-hybridized carbons (Fsp3) is 0.455. The van der Waals surface area contributed by atoms with E-state index in [4.69, 9.17) is 27.2 Å². The Labute approximate surface area is 109 Å². The van der Waals surface area contributed by atoms with Crippen LogP contribution in [0.3, 0.4) is 0 Å². The summed E-state index contributed by atoms with van der Waals surface area (Å²) in [6, 6.07) is 5.57. The van der Waals surface area contributed by atoms with E-state index in [0.717, 1.165) is 10.0 Å². The van der Waals surface area contributed by atoms with E-state index in [1.807, 2.05) is 12.1 Å². The van der Waals surface area contributed by atoms with Crippen LogP contribution >= 0.6 is 27.5 Å². The number of aliphatic hydroxyl groups excluding tert-OH is 1. The maximum absolute atomic E-state index is 8.68. The third-order valence-electron chi connectivity index (χ3n) is 2.14. The summed E-state index contributed by atoms with van der Waals surface area (Å²) >= 11 is 9.46. The summed E-state index contributed by atoms with van der Waals surface area (Å²) in [6.07, 6.45) is 0.374. The highest BCUT2D eigenvalue weighted by Crippen LogP contribution is 2.28. The number of halogens is 2. The molecule has 1 atom stereocenters. The average Bonchev–Trinajstić information content (AvgIpc) is 2.28. The van der Waals surface area contributed by atoms with Crippen molar-refractivity contribution in [2.75, 3.05) is 19.8 Å². The fourth-order valence-electron chi connectivity index (χ4n) is 1.34. The third-order valence-corrected chi connectivity index (χ3v) is 2.98. The molecule has 0 radical (unpaired) electrons. The van der Waals surface area contributed by atoms with Gasteiger partial charge in [-0.1, -0.05) is 27.5 Å². The molecule has 16 heavy (non-hydrogen) atoms. The highest BCUT2D eigenvalue weighted by molar-refractivity contribution is 9.10. The summed E-state index contributed by atoms with van der Waals surface area (Å²) in [4.78, 5) is 0. The quantitative estimate of drug-likeness (QED) is 0.794. The Morgan fingerprint density at radius 1 is 1.50 bits per heavy atom. The highest BCUT2D eigenvalue weighted by atomic mass is 79.9. The van der Waals surface area contributed by atoms with E-state index in [-0.39, 0.29) is 12.7 Å². The molecule has 1 unspecified atom stereocenters. The molecule has 0 aliphatic rings. The Morgan fingerprint density at radius 3 is 2.88 bits per heavy atom. The predicted octanol–water partition coefficient (Wildman–Crippen LogP) is 2.50. The summed E-state index contributed by atoms with van der Waals surface area (Å²) in [5, 5.41) is 9.32. The second-order valence-corrected chi connectivity index (χ2v) is 4.66. The minimum atomic E-state index is -0.225. The molecule has 0 aliphatic heterocycles. The highest BCUT2D eigenvalue weighted by Gasteiger charge is 2.13. The van der Waals surface area contributed by atoms with Crippen LogP contribution in [0.25, 0.3) is 0 Å². The number of hydrogen-bond acceptors (Lipinski definition) is 3. The van der Waals surface area contributed by atoms with E-state index < -0.39 is 0 Å². The summed E-state index contributed by atoms with van der Waals surface area (Å²) in [5.41, 5.74) is 6.52. The minimum absolute atomic E-state index is 0.115. The molecule has 3 nitrogen and oxygen atoms in total. The van der Waals surface area contributed by atoms with Gasteiger partial charge in [0.25, 0.3) is 0 Å². The van der Waals surface area contributed by atoms with Crippen molar-refractivity contribution in [2.24, 2.45) is 5.73 Å². The lowest BCUT2D eigenvalue weighted by molar-refractivity contribution is 0.0489. The van der Waals surface area contributed by atoms with Crippen molar-refractivity contribution in [3.8, 4) is 0 Å². The van der Waals surface area contributed by atoms with E-state index in [2.05, 4.69) is 15.9 Å². The number of rotatable bonds is 6. The van der Waals surface area contributed by atoms with E-state index in [1.54, 1.807) is 6.07 Å². The third kappa shape index (κ3) is 4.03. The second kappa shape index (κ2) is 7.25. The molecule has 0 saturated carbocycles. The maximum atomic E-state index is 8.68. The Balaban J connectivity index is 2.73. The summed E-state index contributed by atoms with van der Waals surface area (Å²) in [7, 11) is 0. The van der Waals surface area contributed by atoms with Crippen molar-refractivity contribution in [2.45, 2.75) is 12.5 Å². The van der Waals surface area contributed by atoms with Gasteiger partial charge in [0.1, 0.15) is 0 Å². The first-order valence-electron chi connectivity index (χ1n) is 5.06. The van der Waals surface area contributed by atoms with Gasteiger partial charge in [0.05, 0.1) is 6.10 Å². The normalized spacial score (nSPS) is 12.8. The maximum Gasteiger partial charge on any atom is 0.0961 e. The molecule has 0 fully saturated rings. The standard InChI is InChI=1S/C11H15BrClNO2/c12-8-2-3-10(13)9(6-8)11(7-14)16-5-1-4-15/h2-3,6,11,15H,1,4-5,7,14H2. The number of ether oxygens (including phenoxy) is 1. The van der Waals surface area contributed by atoms with Crippen molar-refractivity contribution in [1.82, 2.24) is 0 Å². The zero-order valence-corrected chi connectivity index (χ0v) is 11.2. The number of nitrogens with two attached hydrogens (primary N) is 1. The molecule has 0 amide bonds. The molecule has 0 saturated heterocycles. The second-order valence-electron chi connectivity index (χ2n) is 3.34. The lowest BCUT2D eigenvalue weighted by Crippen LogP contribution is -2.17. The van der Waals surface area contributed by atoms with Crippen LogP contribution in [-0.4, -0.2) is 24.9 Å². The topological polar surface area (TPSA) is 55.5 Å². The molecule has 1 rings (SSSR count). The van der Waals surface area contributed by atoms with Crippen LogP contribution in [0.1, 0.15) is 18.1 Å². The van der Waals surface area contributed by atoms with Gasteiger partial charge in [-0.15, -0.1) is 0 Å². The van der Waals surface area contributed by atoms with E-state index in [9.17, 15) is 0 Å². The zero-order valence-electron chi connectivity index (χ0n) is 8.83. The van der Waals surface area contributed by atoms with Gasteiger partial charge < -0.3 is 15.6 Å². The monoisotopic (exact) mass is 307 g/mol. The average molecular weight is 309 g/mol. The smallest absolute Gasteiger partial charge is 0.0961 e. The van der Waals surface area contributed by atoms with Crippen molar-refractivity contribution in [3.05, 3.63) is 33.3 Å². The van der Waals surface area contributed by atoms with Crippen LogP contribution in [0, 0.1) is 0 Å². The van der Waals surface area contributed by atoms with Crippen molar-refractivity contribution in [3.63, 3.8) is 0 Å². The van der Waals surface area contributed by atoms with Gasteiger partial charge in [-0.05, 0) is 24.6 Å². The molecule has 5 heteroatoms. The van der Waals surface area contributed by atoms with Crippen LogP contribution in [0.4, 0.5) is 0 Å². The van der Waals surface area contributed by atoms with Crippen LogP contribution in [0.5, 0.6) is 0 Å². The SMILES string of the molecule is NCC(OCCCO)c1cc(Br)ccc1Cl. The predicted molar refractivity (Wildman–Crippen MR) is 68.6 cm³/mol. The molecule has 90 valence electrons. The zero-order chi connectivity index (χ0) is 12.0. The van der Waals surface area contributed by atoms with E-state index in [1.165, 1.54) is 0 Å². The molecular weight excluding hydrogens is 293 g/mol. The fourth-order valence-corrected chi connectivity index (χ4v) is 1.95. The van der Waals surface area contributed by atoms with Crippen molar-refractivity contribution < 1.29 is 9.84 Å². The first-order valence-corrected chi connectivity index (χ1v) is 6.23. The summed E-state index contributed by atoms with van der Waals surface area (Å²) in [6.45, 7) is 0.951. The largest absolute Gasteiger partial charge is 0.396 e. The van der Waals surface area contributed by atoms with E-state index in [0.29, 0.717) is 24.6 Å². The Hall–Kier alpha value is -0.130. The summed E-state index contributed by atoms with van der Waals surface area (Å²) < 4.78 is 6.50. The van der Waals surface area contributed by atoms with Gasteiger partial charge in [0, 0.05) is 34.8 Å². The van der Waals surface area contributed by atoms with Gasteiger partial charge in [-0.2, -0.15) is 0 Å². The Morgan fingerprint density at radius 2 is 2.25 bits per heavy atom. The minimum Gasteiger partial charge on any atom is -0.396 e.